The van der Waals surface area contributed by atoms with E-state index in [0.29, 0.717) is 0 Å². The molecule has 0 aliphatic carbocycles. The molecule has 0 fully saturated rings. The van der Waals surface area contributed by atoms with E-state index >= 15 is 0 Å². The van der Waals surface area contributed by atoms with E-state index < -0.39 is 0 Å². The molecule has 0 amide bonds. The molecule has 0 bridgehead atoms. The average Bonchev–Trinajstić information content (AvgIpc) is 1.85. The highest BCUT2D eigenvalue weighted by Gasteiger charge is 2.00. The summed E-state index contributed by atoms with van der Waals surface area (Å²) in [5.41, 5.74) is 5.23. The fourth-order valence-corrected chi connectivity index (χ4v) is 0.857. The van der Waals surface area contributed by atoms with Gasteiger partial charge in [0.2, 0.25) is 16.5 Å². The van der Waals surface area contributed by atoms with E-state index in [1.165, 1.54) is 0 Å². The molecule has 1 rings (SSSR count). The highest BCUT2D eigenvalue weighted by atomic mass is 35.5. The number of aromatic nitrogens is 3. The molecule has 60 valence electrons. The highest BCUT2D eigenvalue weighted by Crippen LogP contribution is 2.08. The monoisotopic (exact) mass is 193 g/mol. The quantitative estimate of drug-likeness (QED) is 0.679. The number of hydrogen-bond donors (Lipinski definition) is 2. The fourth-order valence-electron chi connectivity index (χ4n) is 0.494. The number of halogens is 2. The van der Waals surface area contributed by atoms with Crippen LogP contribution < -0.4 is 10.9 Å². The van der Waals surface area contributed by atoms with Crippen LogP contribution in [0.1, 0.15) is 0 Å². The minimum Gasteiger partial charge on any atom is -0.290 e. The van der Waals surface area contributed by atoms with E-state index in [1.807, 2.05) is 0 Å². The second kappa shape index (κ2) is 3.66. The van der Waals surface area contributed by atoms with Crippen molar-refractivity contribution >= 4 is 29.2 Å². The Kier molecular flexibility index (Phi) is 2.81. The van der Waals surface area contributed by atoms with Crippen LogP contribution in [0.25, 0.3) is 0 Å². The zero-order chi connectivity index (χ0) is 8.27. The van der Waals surface area contributed by atoms with E-state index in [2.05, 4.69) is 25.8 Å². The molecule has 1 aromatic rings. The lowest BCUT2D eigenvalue weighted by Crippen LogP contribution is -2.17. The van der Waals surface area contributed by atoms with Crippen molar-refractivity contribution in [2.75, 3.05) is 12.5 Å². The van der Waals surface area contributed by atoms with Gasteiger partial charge in [-0.05, 0) is 23.2 Å². The SMILES string of the molecule is CNNc1nc(Cl)nc(Cl)n1. The van der Waals surface area contributed by atoms with Crippen LogP contribution in [0.4, 0.5) is 5.95 Å². The molecule has 0 saturated heterocycles. The van der Waals surface area contributed by atoms with E-state index in [0.717, 1.165) is 0 Å². The van der Waals surface area contributed by atoms with Gasteiger partial charge in [0.25, 0.3) is 0 Å². The van der Waals surface area contributed by atoms with Crippen molar-refractivity contribution in [2.24, 2.45) is 0 Å². The van der Waals surface area contributed by atoms with Crippen molar-refractivity contribution in [3.05, 3.63) is 10.6 Å². The van der Waals surface area contributed by atoms with Crippen LogP contribution in [0.15, 0.2) is 0 Å². The van der Waals surface area contributed by atoms with E-state index in [4.69, 9.17) is 23.2 Å². The molecule has 2 N–H and O–H groups in total. The van der Waals surface area contributed by atoms with E-state index in [1.54, 1.807) is 7.05 Å². The van der Waals surface area contributed by atoms with Gasteiger partial charge in [0.15, 0.2) is 0 Å². The first kappa shape index (κ1) is 8.45. The number of hydrazine groups is 1. The second-order valence-electron chi connectivity index (χ2n) is 1.57. The lowest BCUT2D eigenvalue weighted by Gasteiger charge is -2.00. The third kappa shape index (κ3) is 2.45. The number of anilines is 1. The zero-order valence-electron chi connectivity index (χ0n) is 5.60. The first-order valence-corrected chi connectivity index (χ1v) is 3.48. The Balaban J connectivity index is 2.89. The summed E-state index contributed by atoms with van der Waals surface area (Å²) < 4.78 is 0. The summed E-state index contributed by atoms with van der Waals surface area (Å²) in [6.45, 7) is 0. The third-order valence-electron chi connectivity index (χ3n) is 0.818. The Morgan fingerprint density at radius 2 is 1.64 bits per heavy atom. The van der Waals surface area contributed by atoms with Crippen LogP contribution in [-0.4, -0.2) is 22.0 Å². The van der Waals surface area contributed by atoms with Crippen molar-refractivity contribution in [3.8, 4) is 0 Å². The Labute approximate surface area is 73.1 Å². The number of nitrogens with zero attached hydrogens (tertiary/aromatic N) is 3. The molecule has 1 aromatic heterocycles. The number of hydrogen-bond acceptors (Lipinski definition) is 5. The molecule has 0 radical (unpaired) electrons. The van der Waals surface area contributed by atoms with Gasteiger partial charge < -0.3 is 0 Å². The van der Waals surface area contributed by atoms with Crippen LogP contribution in [0.2, 0.25) is 10.6 Å². The van der Waals surface area contributed by atoms with Gasteiger partial charge in [-0.15, -0.1) is 0 Å². The molecule has 0 atom stereocenters. The molecule has 7 heteroatoms. The topological polar surface area (TPSA) is 62.7 Å². The Morgan fingerprint density at radius 3 is 2.09 bits per heavy atom. The maximum Gasteiger partial charge on any atom is 0.242 e. The molecule has 0 unspecified atom stereocenters. The molecular formula is C4H5Cl2N5. The van der Waals surface area contributed by atoms with E-state index in [9.17, 15) is 0 Å². The van der Waals surface area contributed by atoms with Gasteiger partial charge in [0.1, 0.15) is 0 Å². The summed E-state index contributed by atoms with van der Waals surface area (Å²) >= 11 is 10.9. The van der Waals surface area contributed by atoms with E-state index in [-0.39, 0.29) is 16.5 Å². The highest BCUT2D eigenvalue weighted by molar-refractivity contribution is 6.31. The molecular weight excluding hydrogens is 189 g/mol. The fraction of sp³-hybridized carbons (Fsp3) is 0.250. The van der Waals surface area contributed by atoms with Gasteiger partial charge in [0.05, 0.1) is 0 Å². The lowest BCUT2D eigenvalue weighted by atomic mass is 10.9. The minimum atomic E-state index is 0.0581. The predicted octanol–water partition coefficient (Wildman–Crippen LogP) is 0.725. The molecule has 0 aliphatic heterocycles. The second-order valence-corrected chi connectivity index (χ2v) is 2.25. The summed E-state index contributed by atoms with van der Waals surface area (Å²) in [7, 11) is 1.67. The zero-order valence-corrected chi connectivity index (χ0v) is 7.11. The standard InChI is InChI=1S/C4H5Cl2N5/c1-7-11-4-9-2(5)8-3(6)10-4/h7H,1H3,(H,8,9,10,11). The Hall–Kier alpha value is -0.650. The maximum absolute atomic E-state index is 5.47. The first-order valence-electron chi connectivity index (χ1n) is 2.72. The summed E-state index contributed by atoms with van der Waals surface area (Å²) in [5.74, 6) is 0.289. The van der Waals surface area contributed by atoms with Crippen LogP contribution in [0, 0.1) is 0 Å². The number of rotatable bonds is 2. The largest absolute Gasteiger partial charge is 0.290 e. The maximum atomic E-state index is 5.47. The molecule has 11 heavy (non-hydrogen) atoms. The van der Waals surface area contributed by atoms with Crippen LogP contribution in [0.3, 0.4) is 0 Å². The molecule has 0 aliphatic rings. The van der Waals surface area contributed by atoms with Gasteiger partial charge in [-0.3, -0.25) is 5.43 Å². The van der Waals surface area contributed by atoms with Crippen LogP contribution >= 0.6 is 23.2 Å². The number of nitrogens with one attached hydrogen (secondary N) is 2. The lowest BCUT2D eigenvalue weighted by molar-refractivity contribution is 0.920. The first-order chi connectivity index (χ1) is 5.22. The van der Waals surface area contributed by atoms with Crippen LogP contribution in [-0.2, 0) is 0 Å². The summed E-state index contributed by atoms with van der Waals surface area (Å²) in [6.07, 6.45) is 0. The van der Waals surface area contributed by atoms with Gasteiger partial charge in [-0.1, -0.05) is 0 Å². The van der Waals surface area contributed by atoms with Crippen molar-refractivity contribution in [1.29, 1.82) is 0 Å². The van der Waals surface area contributed by atoms with Gasteiger partial charge >= 0.3 is 0 Å². The van der Waals surface area contributed by atoms with Crippen molar-refractivity contribution in [2.45, 2.75) is 0 Å². The predicted molar refractivity (Wildman–Crippen MR) is 42.5 cm³/mol. The van der Waals surface area contributed by atoms with Crippen molar-refractivity contribution < 1.29 is 0 Å². The molecule has 1 heterocycles. The summed E-state index contributed by atoms with van der Waals surface area (Å²) in [4.78, 5) is 11.0. The molecule has 0 spiro atoms. The molecule has 0 aromatic carbocycles. The summed E-state index contributed by atoms with van der Waals surface area (Å²) in [6, 6.07) is 0. The summed E-state index contributed by atoms with van der Waals surface area (Å²) in [5, 5.41) is 0.116. The molecule has 0 saturated carbocycles. The normalized spacial score (nSPS) is 9.73. The average molecular weight is 194 g/mol. The van der Waals surface area contributed by atoms with Gasteiger partial charge in [-0.25, -0.2) is 5.43 Å². The van der Waals surface area contributed by atoms with Crippen molar-refractivity contribution in [3.63, 3.8) is 0 Å². The third-order valence-corrected chi connectivity index (χ3v) is 1.16. The van der Waals surface area contributed by atoms with Gasteiger partial charge in [0, 0.05) is 7.05 Å². The van der Waals surface area contributed by atoms with Crippen molar-refractivity contribution in [1.82, 2.24) is 20.4 Å². The Morgan fingerprint density at radius 1 is 1.09 bits per heavy atom. The minimum absolute atomic E-state index is 0.0581. The van der Waals surface area contributed by atoms with Crippen LogP contribution in [0.5, 0.6) is 0 Å². The van der Waals surface area contributed by atoms with Gasteiger partial charge in [-0.2, -0.15) is 15.0 Å². The molecule has 5 nitrogen and oxygen atoms in total. The smallest absolute Gasteiger partial charge is 0.242 e. The Bertz CT molecular complexity index is 232.